The number of nitrogens with one attached hydrogen (secondary N) is 3. The lowest BCUT2D eigenvalue weighted by Crippen LogP contribution is -2.52. The number of hydrogen-bond donors (Lipinski definition) is 3. The van der Waals surface area contributed by atoms with Gasteiger partial charge in [0.25, 0.3) is 5.91 Å². The summed E-state index contributed by atoms with van der Waals surface area (Å²) in [4.78, 5) is 44.5. The van der Waals surface area contributed by atoms with Crippen LogP contribution in [0.5, 0.6) is 5.75 Å². The topological polar surface area (TPSA) is 127 Å². The zero-order valence-corrected chi connectivity index (χ0v) is 20.6. The minimum atomic E-state index is -0.775. The van der Waals surface area contributed by atoms with E-state index in [1.807, 2.05) is 18.2 Å². The second-order valence-electron chi connectivity index (χ2n) is 10.3. The molecule has 5 atom stereocenters. The van der Waals surface area contributed by atoms with Crippen LogP contribution in [0.1, 0.15) is 55.4 Å². The maximum atomic E-state index is 13.7. The zero-order valence-electron chi connectivity index (χ0n) is 20.6. The van der Waals surface area contributed by atoms with Crippen LogP contribution in [0.3, 0.4) is 0 Å². The summed E-state index contributed by atoms with van der Waals surface area (Å²) in [5, 5.41) is 16.3. The van der Waals surface area contributed by atoms with Crippen molar-refractivity contribution in [2.24, 2.45) is 17.8 Å². The molecule has 3 heterocycles. The van der Waals surface area contributed by atoms with Crippen molar-refractivity contribution >= 4 is 28.6 Å². The van der Waals surface area contributed by atoms with Gasteiger partial charge in [0.15, 0.2) is 0 Å². The van der Waals surface area contributed by atoms with Gasteiger partial charge in [0.05, 0.1) is 13.2 Å². The van der Waals surface area contributed by atoms with Crippen molar-refractivity contribution in [3.8, 4) is 11.8 Å². The number of likely N-dealkylation sites (tertiary alicyclic amines) is 1. The molecule has 0 radical (unpaired) electrons. The third-order valence-electron chi connectivity index (χ3n) is 8.14. The van der Waals surface area contributed by atoms with Crippen LogP contribution >= 0.6 is 0 Å². The normalized spacial score (nSPS) is 26.6. The molecule has 1 aromatic carbocycles. The lowest BCUT2D eigenvalue weighted by atomic mass is 9.78. The number of nitrogens with zero attached hydrogens (tertiary/aromatic N) is 2. The molecule has 2 saturated heterocycles. The molecule has 36 heavy (non-hydrogen) atoms. The molecule has 9 nitrogen and oxygen atoms in total. The second kappa shape index (κ2) is 10.2. The number of aromatic nitrogens is 1. The van der Waals surface area contributed by atoms with Crippen molar-refractivity contribution in [2.75, 3.05) is 20.2 Å². The Morgan fingerprint density at radius 3 is 2.86 bits per heavy atom. The number of rotatable bonds is 6. The molecule has 190 valence electrons. The van der Waals surface area contributed by atoms with Crippen LogP contribution in [0.15, 0.2) is 24.3 Å². The van der Waals surface area contributed by atoms with E-state index in [1.54, 1.807) is 18.1 Å². The number of carbonyl (C=O) groups is 3. The number of hydrogen-bond acceptors (Lipinski definition) is 5. The van der Waals surface area contributed by atoms with E-state index in [9.17, 15) is 19.6 Å². The van der Waals surface area contributed by atoms with Gasteiger partial charge in [-0.1, -0.05) is 18.9 Å². The Morgan fingerprint density at radius 2 is 2.08 bits per heavy atom. The summed E-state index contributed by atoms with van der Waals surface area (Å²) in [7, 11) is 1.59. The number of nitriles is 1. The third kappa shape index (κ3) is 4.52. The molecule has 1 aromatic heterocycles. The molecule has 2 aliphatic heterocycles. The number of aromatic amines is 1. The average molecular weight is 492 g/mol. The Morgan fingerprint density at radius 1 is 1.25 bits per heavy atom. The minimum absolute atomic E-state index is 0.0602. The lowest BCUT2D eigenvalue weighted by Gasteiger charge is -2.30. The molecular weight excluding hydrogens is 458 g/mol. The maximum Gasteiger partial charge on any atom is 0.271 e. The van der Waals surface area contributed by atoms with E-state index >= 15 is 0 Å². The number of piperidine rings is 1. The van der Waals surface area contributed by atoms with Crippen LogP contribution in [0.4, 0.5) is 0 Å². The summed E-state index contributed by atoms with van der Waals surface area (Å²) in [5.41, 5.74) is 1.22. The highest BCUT2D eigenvalue weighted by molar-refractivity contribution is 6.02. The van der Waals surface area contributed by atoms with Gasteiger partial charge in [-0.2, -0.15) is 5.26 Å². The van der Waals surface area contributed by atoms with Gasteiger partial charge in [-0.25, -0.2) is 0 Å². The summed E-state index contributed by atoms with van der Waals surface area (Å²) >= 11 is 0. The Labute approximate surface area is 210 Å². The van der Waals surface area contributed by atoms with E-state index in [2.05, 4.69) is 21.7 Å². The minimum Gasteiger partial charge on any atom is -0.496 e. The standard InChI is InChI=1S/C27H33N5O4/c1-36-23-10-4-9-21-20(23)13-22(31-21)27(35)32-15-17-6-2-3-8-19(17)24(32)26(34)30-18(14-28)12-16-7-5-11-29-25(16)33/h4,9-10,13,16-19,24,31H,2-3,5-8,11-12,15H2,1H3,(H,29,33)(H,30,34)/t16-,17-,18-,19-,24?/m0/s1. The number of H-pyrrole nitrogens is 1. The Kier molecular flexibility index (Phi) is 6.86. The summed E-state index contributed by atoms with van der Waals surface area (Å²) < 4.78 is 5.44. The molecule has 3 fully saturated rings. The predicted molar refractivity (Wildman–Crippen MR) is 133 cm³/mol. The van der Waals surface area contributed by atoms with E-state index in [-0.39, 0.29) is 41.9 Å². The van der Waals surface area contributed by atoms with Crippen LogP contribution in [0, 0.1) is 29.1 Å². The highest BCUT2D eigenvalue weighted by atomic mass is 16.5. The van der Waals surface area contributed by atoms with E-state index in [1.165, 1.54) is 0 Å². The fourth-order valence-corrected chi connectivity index (χ4v) is 6.34. The number of methoxy groups -OCH3 is 1. The summed E-state index contributed by atoms with van der Waals surface area (Å²) in [6.45, 7) is 1.18. The molecule has 5 rings (SSSR count). The highest BCUT2D eigenvalue weighted by Gasteiger charge is 2.49. The molecule has 1 unspecified atom stereocenters. The smallest absolute Gasteiger partial charge is 0.271 e. The fourth-order valence-electron chi connectivity index (χ4n) is 6.34. The zero-order chi connectivity index (χ0) is 25.2. The van der Waals surface area contributed by atoms with E-state index in [0.717, 1.165) is 43.0 Å². The quantitative estimate of drug-likeness (QED) is 0.573. The Balaban J connectivity index is 1.38. The number of fused-ring (bicyclic) bond motifs is 2. The first-order chi connectivity index (χ1) is 17.5. The van der Waals surface area contributed by atoms with E-state index in [0.29, 0.717) is 31.0 Å². The molecule has 3 aliphatic rings. The molecule has 0 bridgehead atoms. The van der Waals surface area contributed by atoms with Gasteiger partial charge in [0.2, 0.25) is 11.8 Å². The monoisotopic (exact) mass is 491 g/mol. The molecular formula is C27H33N5O4. The maximum absolute atomic E-state index is 13.7. The Hall–Kier alpha value is -3.54. The van der Waals surface area contributed by atoms with E-state index < -0.39 is 12.1 Å². The van der Waals surface area contributed by atoms with Crippen LogP contribution in [-0.2, 0) is 9.59 Å². The molecule has 3 amide bonds. The summed E-state index contributed by atoms with van der Waals surface area (Å²) in [6, 6.07) is 8.14. The third-order valence-corrected chi connectivity index (χ3v) is 8.14. The van der Waals surface area contributed by atoms with Crippen LogP contribution in [0.25, 0.3) is 10.9 Å². The van der Waals surface area contributed by atoms with Crippen LogP contribution in [0.2, 0.25) is 0 Å². The van der Waals surface area contributed by atoms with Crippen molar-refractivity contribution in [3.63, 3.8) is 0 Å². The Bertz CT molecular complexity index is 1200. The first-order valence-electron chi connectivity index (χ1n) is 12.9. The number of ether oxygens (including phenoxy) is 1. The lowest BCUT2D eigenvalue weighted by molar-refractivity contribution is -0.129. The van der Waals surface area contributed by atoms with Crippen molar-refractivity contribution in [3.05, 3.63) is 30.0 Å². The molecule has 1 saturated carbocycles. The van der Waals surface area contributed by atoms with Crippen LogP contribution in [-0.4, -0.2) is 59.9 Å². The van der Waals surface area contributed by atoms with Gasteiger partial charge in [0, 0.05) is 29.9 Å². The predicted octanol–water partition coefficient (Wildman–Crippen LogP) is 2.73. The highest BCUT2D eigenvalue weighted by Crippen LogP contribution is 2.41. The van der Waals surface area contributed by atoms with Gasteiger partial charge in [-0.05, 0) is 62.1 Å². The van der Waals surface area contributed by atoms with Gasteiger partial charge < -0.3 is 25.3 Å². The first-order valence-corrected chi connectivity index (χ1v) is 12.9. The molecule has 9 heteroatoms. The summed E-state index contributed by atoms with van der Waals surface area (Å²) in [5.74, 6) is 0.151. The average Bonchev–Trinajstić information content (AvgIpc) is 3.51. The van der Waals surface area contributed by atoms with Crippen molar-refractivity contribution < 1.29 is 19.1 Å². The number of benzene rings is 1. The van der Waals surface area contributed by atoms with E-state index in [4.69, 9.17) is 4.74 Å². The number of amides is 3. The SMILES string of the molecule is COc1cccc2[nH]c(C(=O)N3C[C@@H]4CCCC[C@@H]4C3C(=O)N[C@H](C#N)C[C@@H]3CCCNC3=O)cc12. The van der Waals surface area contributed by atoms with Gasteiger partial charge in [-0.15, -0.1) is 0 Å². The van der Waals surface area contributed by atoms with Crippen molar-refractivity contribution in [2.45, 2.75) is 57.0 Å². The molecule has 3 N–H and O–H groups in total. The molecule has 1 aliphatic carbocycles. The second-order valence-corrected chi connectivity index (χ2v) is 10.3. The molecule has 0 spiro atoms. The van der Waals surface area contributed by atoms with Gasteiger partial charge >= 0.3 is 0 Å². The molecule has 2 aromatic rings. The first kappa shape index (κ1) is 24.2. The van der Waals surface area contributed by atoms with Gasteiger partial charge in [-0.3, -0.25) is 14.4 Å². The van der Waals surface area contributed by atoms with Crippen LogP contribution < -0.4 is 15.4 Å². The largest absolute Gasteiger partial charge is 0.496 e. The van der Waals surface area contributed by atoms with Crippen molar-refractivity contribution in [1.82, 2.24) is 20.5 Å². The van der Waals surface area contributed by atoms with Crippen molar-refractivity contribution in [1.29, 1.82) is 5.26 Å². The van der Waals surface area contributed by atoms with Gasteiger partial charge in [0.1, 0.15) is 23.5 Å². The summed E-state index contributed by atoms with van der Waals surface area (Å²) in [6.07, 6.45) is 5.86. The number of carbonyl (C=O) groups excluding carboxylic acids is 3. The fraction of sp³-hybridized carbons (Fsp3) is 0.556.